The highest BCUT2D eigenvalue weighted by atomic mass is 19.4. The molecule has 0 spiro atoms. The third kappa shape index (κ3) is 3.31. The van der Waals surface area contributed by atoms with Crippen LogP contribution in [0.15, 0.2) is 48.9 Å². The third-order valence-electron chi connectivity index (χ3n) is 3.23. The van der Waals surface area contributed by atoms with E-state index in [1.807, 2.05) is 0 Å². The predicted octanol–water partition coefficient (Wildman–Crippen LogP) is 2.99. The lowest BCUT2D eigenvalue weighted by Gasteiger charge is -2.09. The zero-order valence-electron chi connectivity index (χ0n) is 11.8. The Morgan fingerprint density at radius 2 is 1.83 bits per heavy atom. The van der Waals surface area contributed by atoms with Crippen LogP contribution in [0.2, 0.25) is 0 Å². The summed E-state index contributed by atoms with van der Waals surface area (Å²) in [7, 11) is 0. The van der Waals surface area contributed by atoms with Gasteiger partial charge in [0.25, 0.3) is 0 Å². The molecule has 2 N–H and O–H groups in total. The molecule has 0 saturated heterocycles. The Balaban J connectivity index is 2.02. The quantitative estimate of drug-likeness (QED) is 0.806. The van der Waals surface area contributed by atoms with Crippen molar-refractivity contribution >= 4 is 5.82 Å². The lowest BCUT2D eigenvalue weighted by molar-refractivity contribution is -0.144. The van der Waals surface area contributed by atoms with Gasteiger partial charge in [-0.25, -0.2) is 4.98 Å². The minimum atomic E-state index is -4.50. The lowest BCUT2D eigenvalue weighted by atomic mass is 10.2. The van der Waals surface area contributed by atoms with Gasteiger partial charge in [0.1, 0.15) is 11.5 Å². The smallest absolute Gasteiger partial charge is 0.384 e. The Morgan fingerprint density at radius 1 is 1.09 bits per heavy atom. The molecule has 5 nitrogen and oxygen atoms in total. The topological polar surface area (TPSA) is 69.6 Å². The maximum Gasteiger partial charge on any atom is 0.433 e. The Bertz CT molecular complexity index is 794. The monoisotopic (exact) mass is 319 g/mol. The number of hydrogen-bond donors (Lipinski definition) is 1. The SMILES string of the molecule is Nc1ccc(-c2cc(C(F)(F)F)n(Cc3ccncc3)n2)cn1. The van der Waals surface area contributed by atoms with Gasteiger partial charge in [0.2, 0.25) is 0 Å². The van der Waals surface area contributed by atoms with Crippen LogP contribution in [0.5, 0.6) is 0 Å². The van der Waals surface area contributed by atoms with E-state index >= 15 is 0 Å². The number of nitrogens with zero attached hydrogens (tertiary/aromatic N) is 4. The first kappa shape index (κ1) is 15.0. The van der Waals surface area contributed by atoms with E-state index in [2.05, 4.69) is 15.1 Å². The fourth-order valence-corrected chi connectivity index (χ4v) is 2.12. The molecule has 0 bridgehead atoms. The van der Waals surface area contributed by atoms with Crippen LogP contribution in [-0.2, 0) is 12.7 Å². The van der Waals surface area contributed by atoms with E-state index in [1.165, 1.54) is 24.7 Å². The molecule has 0 aliphatic rings. The Morgan fingerprint density at radius 3 is 2.43 bits per heavy atom. The fraction of sp³-hybridized carbons (Fsp3) is 0.133. The maximum atomic E-state index is 13.2. The Kier molecular flexibility index (Phi) is 3.73. The summed E-state index contributed by atoms with van der Waals surface area (Å²) in [5.74, 6) is 0.293. The van der Waals surface area contributed by atoms with E-state index in [-0.39, 0.29) is 12.2 Å². The summed E-state index contributed by atoms with van der Waals surface area (Å²) in [6.07, 6.45) is -0.0537. The summed E-state index contributed by atoms with van der Waals surface area (Å²) < 4.78 is 40.6. The van der Waals surface area contributed by atoms with Gasteiger partial charge in [-0.2, -0.15) is 18.3 Å². The van der Waals surface area contributed by atoms with Crippen molar-refractivity contribution in [2.24, 2.45) is 0 Å². The third-order valence-corrected chi connectivity index (χ3v) is 3.23. The summed E-state index contributed by atoms with van der Waals surface area (Å²) in [6.45, 7) is -0.000234. The van der Waals surface area contributed by atoms with Crippen LogP contribution in [0, 0.1) is 0 Å². The molecule has 23 heavy (non-hydrogen) atoms. The molecule has 0 aromatic carbocycles. The van der Waals surface area contributed by atoms with Crippen molar-refractivity contribution in [3.8, 4) is 11.3 Å². The second-order valence-electron chi connectivity index (χ2n) is 4.90. The number of pyridine rings is 2. The minimum absolute atomic E-state index is 0.000234. The van der Waals surface area contributed by atoms with Gasteiger partial charge in [-0.15, -0.1) is 0 Å². The van der Waals surface area contributed by atoms with Crippen molar-refractivity contribution in [3.63, 3.8) is 0 Å². The number of alkyl halides is 3. The first-order valence-electron chi connectivity index (χ1n) is 6.69. The molecule has 0 radical (unpaired) electrons. The molecular weight excluding hydrogens is 307 g/mol. The predicted molar refractivity (Wildman–Crippen MR) is 78.2 cm³/mol. The van der Waals surface area contributed by atoms with Crippen molar-refractivity contribution in [3.05, 3.63) is 60.2 Å². The van der Waals surface area contributed by atoms with Gasteiger partial charge in [-0.1, -0.05) is 0 Å². The highest BCUT2D eigenvalue weighted by Gasteiger charge is 2.36. The molecule has 118 valence electrons. The average molecular weight is 319 g/mol. The average Bonchev–Trinajstić information content (AvgIpc) is 2.93. The molecule has 3 rings (SSSR count). The number of halogens is 3. The number of hydrogen-bond acceptors (Lipinski definition) is 4. The zero-order chi connectivity index (χ0) is 16.4. The zero-order valence-corrected chi connectivity index (χ0v) is 11.8. The van der Waals surface area contributed by atoms with Crippen LogP contribution in [-0.4, -0.2) is 19.7 Å². The highest BCUT2D eigenvalue weighted by Crippen LogP contribution is 2.32. The molecule has 8 heteroatoms. The van der Waals surface area contributed by atoms with Crippen LogP contribution >= 0.6 is 0 Å². The van der Waals surface area contributed by atoms with Crippen LogP contribution in [0.3, 0.4) is 0 Å². The Labute approximate surface area is 129 Å². The van der Waals surface area contributed by atoms with E-state index in [0.717, 1.165) is 10.7 Å². The molecule has 0 amide bonds. The summed E-state index contributed by atoms with van der Waals surface area (Å²) >= 11 is 0. The van der Waals surface area contributed by atoms with Crippen molar-refractivity contribution in [1.82, 2.24) is 19.7 Å². The van der Waals surface area contributed by atoms with E-state index in [1.54, 1.807) is 18.2 Å². The number of rotatable bonds is 3. The van der Waals surface area contributed by atoms with E-state index < -0.39 is 11.9 Å². The number of nitrogens with two attached hydrogens (primary N) is 1. The van der Waals surface area contributed by atoms with Crippen molar-refractivity contribution < 1.29 is 13.2 Å². The summed E-state index contributed by atoms with van der Waals surface area (Å²) in [4.78, 5) is 7.73. The first-order chi connectivity index (χ1) is 10.9. The molecule has 3 heterocycles. The molecule has 3 aromatic heterocycles. The highest BCUT2D eigenvalue weighted by molar-refractivity contribution is 5.59. The van der Waals surface area contributed by atoms with Gasteiger partial charge in [0.15, 0.2) is 0 Å². The van der Waals surface area contributed by atoms with Crippen LogP contribution in [0.1, 0.15) is 11.3 Å². The van der Waals surface area contributed by atoms with Gasteiger partial charge in [0.05, 0.1) is 12.2 Å². The molecule has 3 aromatic rings. The normalized spacial score (nSPS) is 11.6. The van der Waals surface area contributed by atoms with Crippen LogP contribution in [0.25, 0.3) is 11.3 Å². The number of nitrogen functional groups attached to an aromatic ring is 1. The second kappa shape index (κ2) is 5.71. The molecule has 0 saturated carbocycles. The lowest BCUT2D eigenvalue weighted by Crippen LogP contribution is -2.15. The van der Waals surface area contributed by atoms with Gasteiger partial charge in [0, 0.05) is 24.2 Å². The summed E-state index contributed by atoms with van der Waals surface area (Å²) in [6, 6.07) is 7.40. The van der Waals surface area contributed by atoms with E-state index in [9.17, 15) is 13.2 Å². The fourth-order valence-electron chi connectivity index (χ4n) is 2.12. The number of aromatic nitrogens is 4. The van der Waals surface area contributed by atoms with Crippen molar-refractivity contribution in [2.75, 3.05) is 5.73 Å². The van der Waals surface area contributed by atoms with Gasteiger partial charge >= 0.3 is 6.18 Å². The molecule has 0 unspecified atom stereocenters. The van der Waals surface area contributed by atoms with E-state index in [4.69, 9.17) is 5.73 Å². The molecule has 0 atom stereocenters. The number of anilines is 1. The molecule has 0 aliphatic carbocycles. The molecule has 0 aliphatic heterocycles. The standard InChI is InChI=1S/C15H12F3N5/c16-15(17,18)13-7-12(11-1-2-14(19)21-8-11)22-23(13)9-10-3-5-20-6-4-10/h1-8H,9H2,(H2,19,21). The van der Waals surface area contributed by atoms with Crippen molar-refractivity contribution in [1.29, 1.82) is 0 Å². The van der Waals surface area contributed by atoms with Gasteiger partial charge in [-0.05, 0) is 35.9 Å². The second-order valence-corrected chi connectivity index (χ2v) is 4.90. The van der Waals surface area contributed by atoms with Gasteiger partial charge < -0.3 is 5.73 Å². The van der Waals surface area contributed by atoms with Gasteiger partial charge in [-0.3, -0.25) is 9.67 Å². The van der Waals surface area contributed by atoms with Crippen LogP contribution in [0.4, 0.5) is 19.0 Å². The van der Waals surface area contributed by atoms with Crippen LogP contribution < -0.4 is 5.73 Å². The largest absolute Gasteiger partial charge is 0.433 e. The Hall–Kier alpha value is -2.90. The summed E-state index contributed by atoms with van der Waals surface area (Å²) in [5, 5.41) is 4.07. The van der Waals surface area contributed by atoms with E-state index in [0.29, 0.717) is 16.9 Å². The van der Waals surface area contributed by atoms with Crippen molar-refractivity contribution in [2.45, 2.75) is 12.7 Å². The molecule has 0 fully saturated rings. The first-order valence-corrected chi connectivity index (χ1v) is 6.69. The summed E-state index contributed by atoms with van der Waals surface area (Å²) in [5.41, 5.74) is 6.01. The molecular formula is C15H12F3N5. The maximum absolute atomic E-state index is 13.2. The minimum Gasteiger partial charge on any atom is -0.384 e.